The van der Waals surface area contributed by atoms with Gasteiger partial charge in [0.1, 0.15) is 0 Å². The Kier molecular flexibility index (Phi) is 3.78. The van der Waals surface area contributed by atoms with Gasteiger partial charge in [-0.1, -0.05) is 34.1 Å². The minimum Gasteiger partial charge on any atom is -0.316 e. The van der Waals surface area contributed by atoms with Crippen LogP contribution in [0.5, 0.6) is 0 Å². The van der Waals surface area contributed by atoms with Gasteiger partial charge in [0.15, 0.2) is 0 Å². The lowest BCUT2D eigenvalue weighted by atomic mass is 10.0. The Bertz CT molecular complexity index is 323. The molecule has 1 fully saturated rings. The number of hydrogen-bond acceptors (Lipinski definition) is 2. The highest BCUT2D eigenvalue weighted by Crippen LogP contribution is 2.18. The number of rotatable bonds is 4. The molecule has 0 aliphatic carbocycles. The molecule has 1 N–H and O–H groups in total. The zero-order chi connectivity index (χ0) is 10.7. The Balaban J connectivity index is 1.87. The molecule has 0 bridgehead atoms. The maximum absolute atomic E-state index is 3.58. The van der Waals surface area contributed by atoms with Gasteiger partial charge < -0.3 is 10.2 Å². The van der Waals surface area contributed by atoms with Crippen LogP contribution in [0, 0.1) is 5.92 Å². The van der Waals surface area contributed by atoms with E-state index in [0.717, 1.165) is 12.5 Å². The molecule has 2 rings (SSSR count). The number of nitrogens with zero attached hydrogens (tertiary/aromatic N) is 1. The molecular formula is C12H17BrN2. The van der Waals surface area contributed by atoms with Crippen molar-refractivity contribution in [3.8, 4) is 0 Å². The van der Waals surface area contributed by atoms with Crippen LogP contribution in [0.1, 0.15) is 5.56 Å². The first-order valence-electron chi connectivity index (χ1n) is 5.38. The normalized spacial score (nSPS) is 16.7. The standard InChI is InChI=1S/C12H17BrN2/c1-15(8-10-6-14-7-10)9-11-4-2-3-5-12(11)13/h2-5,10,14H,6-9H2,1H3. The van der Waals surface area contributed by atoms with Gasteiger partial charge in [-0.05, 0) is 24.6 Å². The molecule has 0 amide bonds. The molecule has 1 aliphatic rings. The average Bonchev–Trinajstić information content (AvgIpc) is 2.16. The summed E-state index contributed by atoms with van der Waals surface area (Å²) in [5, 5.41) is 3.31. The SMILES string of the molecule is CN(Cc1ccccc1Br)CC1CNC1. The van der Waals surface area contributed by atoms with E-state index in [-0.39, 0.29) is 0 Å². The summed E-state index contributed by atoms with van der Waals surface area (Å²) in [5.41, 5.74) is 1.37. The van der Waals surface area contributed by atoms with E-state index in [1.165, 1.54) is 29.7 Å². The first-order chi connectivity index (χ1) is 7.25. The number of halogens is 1. The fraction of sp³-hybridized carbons (Fsp3) is 0.500. The average molecular weight is 269 g/mol. The van der Waals surface area contributed by atoms with E-state index >= 15 is 0 Å². The lowest BCUT2D eigenvalue weighted by Gasteiger charge is -2.31. The first-order valence-corrected chi connectivity index (χ1v) is 6.17. The summed E-state index contributed by atoms with van der Waals surface area (Å²) in [5.74, 6) is 0.845. The maximum Gasteiger partial charge on any atom is 0.0242 e. The fourth-order valence-corrected chi connectivity index (χ4v) is 2.31. The van der Waals surface area contributed by atoms with Gasteiger partial charge >= 0.3 is 0 Å². The van der Waals surface area contributed by atoms with Crippen LogP contribution in [0.2, 0.25) is 0 Å². The monoisotopic (exact) mass is 268 g/mol. The molecule has 1 aromatic rings. The quantitative estimate of drug-likeness (QED) is 0.900. The van der Waals surface area contributed by atoms with Crippen molar-refractivity contribution in [2.45, 2.75) is 6.54 Å². The van der Waals surface area contributed by atoms with E-state index in [1.54, 1.807) is 0 Å². The van der Waals surface area contributed by atoms with Gasteiger partial charge in [-0.15, -0.1) is 0 Å². The number of hydrogen-bond donors (Lipinski definition) is 1. The van der Waals surface area contributed by atoms with Gasteiger partial charge in [0.2, 0.25) is 0 Å². The Morgan fingerprint density at radius 1 is 1.40 bits per heavy atom. The van der Waals surface area contributed by atoms with E-state index in [4.69, 9.17) is 0 Å². The fourth-order valence-electron chi connectivity index (χ4n) is 1.90. The van der Waals surface area contributed by atoms with Crippen molar-refractivity contribution in [2.75, 3.05) is 26.7 Å². The van der Waals surface area contributed by atoms with Crippen LogP contribution in [-0.2, 0) is 6.54 Å². The molecule has 0 radical (unpaired) electrons. The molecule has 0 unspecified atom stereocenters. The second kappa shape index (κ2) is 5.10. The van der Waals surface area contributed by atoms with Crippen LogP contribution in [-0.4, -0.2) is 31.6 Å². The molecule has 2 nitrogen and oxygen atoms in total. The van der Waals surface area contributed by atoms with Gasteiger partial charge in [-0.3, -0.25) is 0 Å². The van der Waals surface area contributed by atoms with Gasteiger partial charge in [-0.25, -0.2) is 0 Å². The van der Waals surface area contributed by atoms with Gasteiger partial charge in [-0.2, -0.15) is 0 Å². The molecular weight excluding hydrogens is 252 g/mol. The van der Waals surface area contributed by atoms with Crippen LogP contribution >= 0.6 is 15.9 Å². The molecule has 0 atom stereocenters. The maximum atomic E-state index is 3.58. The highest BCUT2D eigenvalue weighted by atomic mass is 79.9. The predicted molar refractivity (Wildman–Crippen MR) is 66.8 cm³/mol. The van der Waals surface area contributed by atoms with E-state index in [2.05, 4.69) is 57.5 Å². The molecule has 1 saturated heterocycles. The Labute approximate surface area is 99.8 Å². The van der Waals surface area contributed by atoms with Crippen LogP contribution in [0.15, 0.2) is 28.7 Å². The number of benzene rings is 1. The zero-order valence-corrected chi connectivity index (χ0v) is 10.6. The van der Waals surface area contributed by atoms with Crippen LogP contribution in [0.25, 0.3) is 0 Å². The third-order valence-corrected chi connectivity index (χ3v) is 3.61. The summed E-state index contributed by atoms with van der Waals surface area (Å²) in [6.45, 7) is 4.58. The Morgan fingerprint density at radius 2 is 2.13 bits per heavy atom. The Morgan fingerprint density at radius 3 is 2.73 bits per heavy atom. The van der Waals surface area contributed by atoms with Crippen LogP contribution in [0.4, 0.5) is 0 Å². The second-order valence-corrected chi connectivity index (χ2v) is 5.17. The van der Waals surface area contributed by atoms with E-state index in [1.807, 2.05) is 0 Å². The van der Waals surface area contributed by atoms with Gasteiger partial charge in [0.05, 0.1) is 0 Å². The topological polar surface area (TPSA) is 15.3 Å². The summed E-state index contributed by atoms with van der Waals surface area (Å²) in [6.07, 6.45) is 0. The van der Waals surface area contributed by atoms with E-state index < -0.39 is 0 Å². The highest BCUT2D eigenvalue weighted by molar-refractivity contribution is 9.10. The molecule has 0 spiro atoms. The smallest absolute Gasteiger partial charge is 0.0242 e. The molecule has 1 heterocycles. The largest absolute Gasteiger partial charge is 0.316 e. The van der Waals surface area contributed by atoms with Gasteiger partial charge in [0, 0.05) is 30.7 Å². The van der Waals surface area contributed by atoms with Crippen molar-refractivity contribution in [1.29, 1.82) is 0 Å². The lowest BCUT2D eigenvalue weighted by molar-refractivity contribution is 0.218. The minimum atomic E-state index is 0.845. The van der Waals surface area contributed by atoms with Crippen LogP contribution in [0.3, 0.4) is 0 Å². The summed E-state index contributed by atoms with van der Waals surface area (Å²) < 4.78 is 1.21. The summed E-state index contributed by atoms with van der Waals surface area (Å²) >= 11 is 3.58. The number of nitrogens with one attached hydrogen (secondary N) is 1. The van der Waals surface area contributed by atoms with Crippen molar-refractivity contribution in [1.82, 2.24) is 10.2 Å². The molecule has 82 valence electrons. The van der Waals surface area contributed by atoms with Crippen molar-refractivity contribution in [2.24, 2.45) is 5.92 Å². The van der Waals surface area contributed by atoms with Crippen molar-refractivity contribution in [3.05, 3.63) is 34.3 Å². The van der Waals surface area contributed by atoms with Crippen molar-refractivity contribution >= 4 is 15.9 Å². The third kappa shape index (κ3) is 3.03. The van der Waals surface area contributed by atoms with E-state index in [9.17, 15) is 0 Å². The zero-order valence-electron chi connectivity index (χ0n) is 9.04. The molecule has 3 heteroatoms. The minimum absolute atomic E-state index is 0.845. The third-order valence-electron chi connectivity index (χ3n) is 2.83. The second-order valence-electron chi connectivity index (χ2n) is 4.31. The first kappa shape index (κ1) is 11.1. The molecule has 0 aromatic heterocycles. The molecule has 1 aliphatic heterocycles. The van der Waals surface area contributed by atoms with Crippen LogP contribution < -0.4 is 5.32 Å². The predicted octanol–water partition coefficient (Wildman–Crippen LogP) is 2.10. The molecule has 0 saturated carbocycles. The lowest BCUT2D eigenvalue weighted by Crippen LogP contribution is -2.47. The summed E-state index contributed by atoms with van der Waals surface area (Å²) in [6, 6.07) is 8.44. The van der Waals surface area contributed by atoms with Gasteiger partial charge in [0.25, 0.3) is 0 Å². The Hall–Kier alpha value is -0.380. The summed E-state index contributed by atoms with van der Waals surface area (Å²) in [7, 11) is 2.19. The van der Waals surface area contributed by atoms with E-state index in [0.29, 0.717) is 0 Å². The molecule has 1 aromatic carbocycles. The summed E-state index contributed by atoms with van der Waals surface area (Å²) in [4.78, 5) is 2.39. The van der Waals surface area contributed by atoms with Crippen molar-refractivity contribution < 1.29 is 0 Å². The molecule has 15 heavy (non-hydrogen) atoms. The highest BCUT2D eigenvalue weighted by Gasteiger charge is 2.18. The van der Waals surface area contributed by atoms with Crippen molar-refractivity contribution in [3.63, 3.8) is 0 Å².